The summed E-state index contributed by atoms with van der Waals surface area (Å²) in [5.41, 5.74) is -3.36. The fraction of sp³-hybridized carbons (Fsp3) is 0.455. The maximum atomic E-state index is 12.0. The summed E-state index contributed by atoms with van der Waals surface area (Å²) < 4.78 is 36.8. The van der Waals surface area contributed by atoms with Gasteiger partial charge in [-0.2, -0.15) is 13.2 Å². The lowest BCUT2D eigenvalue weighted by atomic mass is 9.98. The highest BCUT2D eigenvalue weighted by atomic mass is 79.9. The Kier molecular flexibility index (Phi) is 5.82. The van der Waals surface area contributed by atoms with Crippen LogP contribution < -0.4 is 0 Å². The Labute approximate surface area is 111 Å². The molecule has 6 heteroatoms. The number of aliphatic hydroxyl groups is 1. The Morgan fingerprint density at radius 2 is 1.94 bits per heavy atom. The first-order valence-corrected chi connectivity index (χ1v) is 6.78. The van der Waals surface area contributed by atoms with E-state index >= 15 is 0 Å². The van der Waals surface area contributed by atoms with Crippen LogP contribution in [0.2, 0.25) is 0 Å². The first kappa shape index (κ1) is 14.9. The second-order valence-corrected chi connectivity index (χ2v) is 5.50. The molecular formula is C11H12BrF3OS. The van der Waals surface area contributed by atoms with E-state index in [9.17, 15) is 18.3 Å². The van der Waals surface area contributed by atoms with Crippen molar-refractivity contribution in [1.82, 2.24) is 0 Å². The highest BCUT2D eigenvalue weighted by Gasteiger charge is 2.28. The number of aliphatic hydroxyl groups excluding tert-OH is 1. The fourth-order valence-corrected chi connectivity index (χ4v) is 2.71. The number of alkyl halides is 3. The van der Waals surface area contributed by atoms with E-state index in [4.69, 9.17) is 0 Å². The minimum Gasteiger partial charge on any atom is -0.396 e. The van der Waals surface area contributed by atoms with Gasteiger partial charge in [-0.25, -0.2) is 0 Å². The van der Waals surface area contributed by atoms with Crippen molar-refractivity contribution in [2.24, 2.45) is 0 Å². The van der Waals surface area contributed by atoms with E-state index in [1.807, 2.05) is 18.2 Å². The molecule has 0 aliphatic rings. The first-order valence-electron chi connectivity index (χ1n) is 5.00. The molecule has 0 aliphatic carbocycles. The highest BCUT2D eigenvalue weighted by Crippen LogP contribution is 2.34. The van der Waals surface area contributed by atoms with Gasteiger partial charge in [0.2, 0.25) is 0 Å². The zero-order valence-electron chi connectivity index (χ0n) is 8.88. The van der Waals surface area contributed by atoms with Gasteiger partial charge in [0.15, 0.2) is 0 Å². The van der Waals surface area contributed by atoms with Crippen LogP contribution in [0.1, 0.15) is 17.9 Å². The second-order valence-electron chi connectivity index (χ2n) is 3.48. The van der Waals surface area contributed by atoms with Crippen molar-refractivity contribution in [3.05, 3.63) is 34.3 Å². The standard InChI is InChI=1S/C11H12BrF3OS/c12-10-4-2-1-3-9(10)8(7-16)5-6-17-11(13,14)15/h1-4,8,16H,5-7H2. The maximum Gasteiger partial charge on any atom is 0.441 e. The van der Waals surface area contributed by atoms with Crippen molar-refractivity contribution in [3.63, 3.8) is 0 Å². The topological polar surface area (TPSA) is 20.2 Å². The van der Waals surface area contributed by atoms with Gasteiger partial charge in [0.25, 0.3) is 0 Å². The lowest BCUT2D eigenvalue weighted by Crippen LogP contribution is -2.09. The summed E-state index contributed by atoms with van der Waals surface area (Å²) in [6, 6.07) is 7.25. The smallest absolute Gasteiger partial charge is 0.396 e. The quantitative estimate of drug-likeness (QED) is 0.875. The molecule has 0 aromatic heterocycles. The minimum atomic E-state index is -4.20. The zero-order chi connectivity index (χ0) is 12.9. The molecule has 1 atom stereocenters. The van der Waals surface area contributed by atoms with Crippen LogP contribution in [-0.4, -0.2) is 23.0 Å². The van der Waals surface area contributed by atoms with Crippen molar-refractivity contribution in [3.8, 4) is 0 Å². The zero-order valence-corrected chi connectivity index (χ0v) is 11.3. The Morgan fingerprint density at radius 1 is 1.29 bits per heavy atom. The van der Waals surface area contributed by atoms with Gasteiger partial charge in [-0.15, -0.1) is 0 Å². The van der Waals surface area contributed by atoms with Crippen LogP contribution in [0.5, 0.6) is 0 Å². The van der Waals surface area contributed by atoms with Crippen LogP contribution in [0, 0.1) is 0 Å². The molecule has 1 unspecified atom stereocenters. The second kappa shape index (κ2) is 6.66. The molecule has 0 radical (unpaired) electrons. The average molecular weight is 329 g/mol. The molecule has 0 spiro atoms. The van der Waals surface area contributed by atoms with E-state index in [0.29, 0.717) is 6.42 Å². The Hall–Kier alpha value is -0.200. The third-order valence-corrected chi connectivity index (χ3v) is 3.79. The van der Waals surface area contributed by atoms with E-state index in [0.717, 1.165) is 10.0 Å². The predicted octanol–water partition coefficient (Wildman–Crippen LogP) is 4.17. The van der Waals surface area contributed by atoms with Crippen molar-refractivity contribution in [2.75, 3.05) is 12.4 Å². The maximum absolute atomic E-state index is 12.0. The van der Waals surface area contributed by atoms with Crippen LogP contribution >= 0.6 is 27.7 Å². The molecule has 17 heavy (non-hydrogen) atoms. The Bertz CT molecular complexity index is 357. The van der Waals surface area contributed by atoms with Crippen LogP contribution in [0.4, 0.5) is 13.2 Å². The van der Waals surface area contributed by atoms with Gasteiger partial charge in [0.1, 0.15) is 0 Å². The van der Waals surface area contributed by atoms with Crippen LogP contribution in [0.15, 0.2) is 28.7 Å². The molecule has 1 nitrogen and oxygen atoms in total. The molecule has 1 aromatic carbocycles. The van der Waals surface area contributed by atoms with Gasteiger partial charge >= 0.3 is 5.51 Å². The van der Waals surface area contributed by atoms with Crippen molar-refractivity contribution in [2.45, 2.75) is 17.8 Å². The number of thioether (sulfide) groups is 1. The number of rotatable bonds is 5. The predicted molar refractivity (Wildman–Crippen MR) is 67.1 cm³/mol. The first-order chi connectivity index (χ1) is 7.94. The summed E-state index contributed by atoms with van der Waals surface area (Å²) in [5, 5.41) is 9.22. The largest absolute Gasteiger partial charge is 0.441 e. The molecule has 1 rings (SSSR count). The Morgan fingerprint density at radius 3 is 2.47 bits per heavy atom. The molecule has 0 aliphatic heterocycles. The molecule has 96 valence electrons. The van der Waals surface area contributed by atoms with Crippen molar-refractivity contribution in [1.29, 1.82) is 0 Å². The summed E-state index contributed by atoms with van der Waals surface area (Å²) in [6.07, 6.45) is 0.295. The summed E-state index contributed by atoms with van der Waals surface area (Å²) in [7, 11) is 0. The molecule has 1 aromatic rings. The molecule has 0 amide bonds. The van der Waals surface area contributed by atoms with Crippen LogP contribution in [-0.2, 0) is 0 Å². The van der Waals surface area contributed by atoms with E-state index in [1.165, 1.54) is 0 Å². The van der Waals surface area contributed by atoms with E-state index in [-0.39, 0.29) is 30.0 Å². The third-order valence-electron chi connectivity index (χ3n) is 2.30. The fourth-order valence-electron chi connectivity index (χ4n) is 1.47. The molecule has 1 N–H and O–H groups in total. The lowest BCUT2D eigenvalue weighted by Gasteiger charge is -2.16. The van der Waals surface area contributed by atoms with Crippen molar-refractivity contribution >= 4 is 27.7 Å². The number of halogens is 4. The van der Waals surface area contributed by atoms with Crippen LogP contribution in [0.3, 0.4) is 0 Å². The van der Waals surface area contributed by atoms with E-state index in [1.54, 1.807) is 6.07 Å². The highest BCUT2D eigenvalue weighted by molar-refractivity contribution is 9.10. The van der Waals surface area contributed by atoms with Gasteiger partial charge in [0.05, 0.1) is 0 Å². The lowest BCUT2D eigenvalue weighted by molar-refractivity contribution is -0.0328. The van der Waals surface area contributed by atoms with Gasteiger partial charge in [-0.05, 0) is 18.1 Å². The summed E-state index contributed by atoms with van der Waals surface area (Å²) in [4.78, 5) is 0. The molecular weight excluding hydrogens is 317 g/mol. The van der Waals surface area contributed by atoms with Gasteiger partial charge < -0.3 is 5.11 Å². The van der Waals surface area contributed by atoms with Gasteiger partial charge in [-0.3, -0.25) is 0 Å². The molecule has 0 bridgehead atoms. The summed E-state index contributed by atoms with van der Waals surface area (Å²) in [6.45, 7) is -0.152. The summed E-state index contributed by atoms with van der Waals surface area (Å²) in [5.74, 6) is -0.309. The van der Waals surface area contributed by atoms with E-state index < -0.39 is 5.51 Å². The molecule has 0 saturated heterocycles. The minimum absolute atomic E-state index is 0.0456. The molecule has 0 fully saturated rings. The van der Waals surface area contributed by atoms with Crippen LogP contribution in [0.25, 0.3) is 0 Å². The monoisotopic (exact) mass is 328 g/mol. The number of hydrogen-bond donors (Lipinski definition) is 1. The molecule has 0 heterocycles. The normalized spacial score (nSPS) is 13.7. The number of hydrogen-bond acceptors (Lipinski definition) is 2. The van der Waals surface area contributed by atoms with Crippen molar-refractivity contribution < 1.29 is 18.3 Å². The SMILES string of the molecule is OCC(CCSC(F)(F)F)c1ccccc1Br. The van der Waals surface area contributed by atoms with Gasteiger partial charge in [0, 0.05) is 22.8 Å². The Balaban J connectivity index is 2.58. The average Bonchev–Trinajstić information content (AvgIpc) is 2.24. The number of benzene rings is 1. The van der Waals surface area contributed by atoms with Gasteiger partial charge in [-0.1, -0.05) is 45.9 Å². The third kappa shape index (κ3) is 5.31. The summed E-state index contributed by atoms with van der Waals surface area (Å²) >= 11 is 3.28. The molecule has 0 saturated carbocycles. The van der Waals surface area contributed by atoms with E-state index in [2.05, 4.69) is 15.9 Å².